The molecule has 0 saturated carbocycles. The monoisotopic (exact) mass is 258 g/mol. The highest BCUT2D eigenvalue weighted by Gasteiger charge is 2.16. The van der Waals surface area contributed by atoms with Crippen LogP contribution in [-0.4, -0.2) is 73.4 Å². The number of hydrogen-bond acceptors (Lipinski definition) is 4. The molecule has 0 atom stereocenters. The van der Waals surface area contributed by atoms with Crippen molar-refractivity contribution in [2.45, 2.75) is 20.3 Å². The number of carboxylic acids is 1. The van der Waals surface area contributed by atoms with E-state index in [-0.39, 0.29) is 6.54 Å². The van der Waals surface area contributed by atoms with Gasteiger partial charge in [-0.3, -0.25) is 14.6 Å². The highest BCUT2D eigenvalue weighted by atomic mass is 16.5. The first-order valence-corrected chi connectivity index (χ1v) is 6.82. The van der Waals surface area contributed by atoms with Gasteiger partial charge < -0.3 is 9.84 Å². The Balaban J connectivity index is 2.15. The minimum absolute atomic E-state index is 0.164. The molecule has 1 saturated heterocycles. The normalized spacial score (nSPS) is 19.1. The van der Waals surface area contributed by atoms with Crippen molar-refractivity contribution in [3.05, 3.63) is 0 Å². The molecule has 0 aromatic carbocycles. The maximum atomic E-state index is 10.7. The average molecular weight is 258 g/mol. The lowest BCUT2D eigenvalue weighted by Crippen LogP contribution is -2.35. The summed E-state index contributed by atoms with van der Waals surface area (Å²) in [6.07, 6.45) is 1.04. The Kier molecular flexibility index (Phi) is 7.23. The Labute approximate surface area is 110 Å². The van der Waals surface area contributed by atoms with E-state index >= 15 is 0 Å². The zero-order valence-electron chi connectivity index (χ0n) is 11.6. The van der Waals surface area contributed by atoms with Gasteiger partial charge in [0.2, 0.25) is 0 Å². The van der Waals surface area contributed by atoms with E-state index in [1.54, 1.807) is 0 Å². The Morgan fingerprint density at radius 2 is 1.89 bits per heavy atom. The van der Waals surface area contributed by atoms with Crippen LogP contribution < -0.4 is 0 Å². The Morgan fingerprint density at radius 1 is 1.22 bits per heavy atom. The van der Waals surface area contributed by atoms with E-state index in [4.69, 9.17) is 9.84 Å². The van der Waals surface area contributed by atoms with Crippen molar-refractivity contribution < 1.29 is 14.6 Å². The van der Waals surface area contributed by atoms with Crippen molar-refractivity contribution in [2.24, 2.45) is 5.92 Å². The van der Waals surface area contributed by atoms with Crippen LogP contribution in [0.3, 0.4) is 0 Å². The lowest BCUT2D eigenvalue weighted by molar-refractivity contribution is -0.138. The predicted molar refractivity (Wildman–Crippen MR) is 70.8 cm³/mol. The largest absolute Gasteiger partial charge is 0.480 e. The Morgan fingerprint density at radius 3 is 2.56 bits per heavy atom. The standard InChI is InChI=1S/C13H26N2O3/c1-12(2)11-18-9-8-14-4-3-5-15(7-6-14)10-13(16)17/h12H,3-11H2,1-2H3,(H,16,17). The van der Waals surface area contributed by atoms with Crippen LogP contribution in [0.4, 0.5) is 0 Å². The predicted octanol–water partition coefficient (Wildman–Crippen LogP) is 0.751. The molecular formula is C13H26N2O3. The summed E-state index contributed by atoms with van der Waals surface area (Å²) in [6.45, 7) is 10.7. The van der Waals surface area contributed by atoms with Gasteiger partial charge in [-0.1, -0.05) is 13.8 Å². The fraction of sp³-hybridized carbons (Fsp3) is 0.923. The summed E-state index contributed by atoms with van der Waals surface area (Å²) >= 11 is 0. The van der Waals surface area contributed by atoms with E-state index in [0.29, 0.717) is 5.92 Å². The number of nitrogens with zero attached hydrogens (tertiary/aromatic N) is 2. The van der Waals surface area contributed by atoms with Crippen LogP contribution in [-0.2, 0) is 9.53 Å². The molecule has 1 aliphatic heterocycles. The van der Waals surface area contributed by atoms with Crippen LogP contribution >= 0.6 is 0 Å². The van der Waals surface area contributed by atoms with Gasteiger partial charge in [0, 0.05) is 32.8 Å². The second-order valence-electron chi connectivity index (χ2n) is 5.33. The van der Waals surface area contributed by atoms with E-state index in [9.17, 15) is 4.79 Å². The zero-order valence-corrected chi connectivity index (χ0v) is 11.6. The van der Waals surface area contributed by atoms with Crippen molar-refractivity contribution in [1.29, 1.82) is 0 Å². The number of aliphatic carboxylic acids is 1. The topological polar surface area (TPSA) is 53.0 Å². The van der Waals surface area contributed by atoms with Gasteiger partial charge in [-0.2, -0.15) is 0 Å². The second-order valence-corrected chi connectivity index (χ2v) is 5.33. The van der Waals surface area contributed by atoms with E-state index in [2.05, 4.69) is 18.7 Å². The molecule has 0 spiro atoms. The lowest BCUT2D eigenvalue weighted by atomic mass is 10.2. The third-order valence-electron chi connectivity index (χ3n) is 3.04. The fourth-order valence-electron chi connectivity index (χ4n) is 2.11. The van der Waals surface area contributed by atoms with Crippen molar-refractivity contribution in [3.63, 3.8) is 0 Å². The number of rotatable bonds is 7. The summed E-state index contributed by atoms with van der Waals surface area (Å²) in [5.74, 6) is -0.149. The second kappa shape index (κ2) is 8.45. The van der Waals surface area contributed by atoms with E-state index in [1.165, 1.54) is 0 Å². The van der Waals surface area contributed by atoms with Crippen LogP contribution in [0.15, 0.2) is 0 Å². The molecule has 106 valence electrons. The Hall–Kier alpha value is -0.650. The molecule has 18 heavy (non-hydrogen) atoms. The third kappa shape index (κ3) is 6.93. The van der Waals surface area contributed by atoms with Gasteiger partial charge in [-0.25, -0.2) is 0 Å². The van der Waals surface area contributed by atoms with Crippen LogP contribution in [0.25, 0.3) is 0 Å². The van der Waals surface area contributed by atoms with Crippen LogP contribution in [0.2, 0.25) is 0 Å². The highest BCUT2D eigenvalue weighted by molar-refractivity contribution is 5.69. The van der Waals surface area contributed by atoms with Gasteiger partial charge in [0.1, 0.15) is 0 Å². The number of carbonyl (C=O) groups is 1. The first-order valence-electron chi connectivity index (χ1n) is 6.82. The van der Waals surface area contributed by atoms with Gasteiger partial charge >= 0.3 is 5.97 Å². The minimum atomic E-state index is -0.733. The van der Waals surface area contributed by atoms with Gasteiger partial charge in [-0.05, 0) is 18.9 Å². The smallest absolute Gasteiger partial charge is 0.317 e. The minimum Gasteiger partial charge on any atom is -0.480 e. The molecule has 0 aliphatic carbocycles. The van der Waals surface area contributed by atoms with E-state index in [1.807, 2.05) is 4.90 Å². The lowest BCUT2D eigenvalue weighted by Gasteiger charge is -2.20. The van der Waals surface area contributed by atoms with Gasteiger partial charge in [0.05, 0.1) is 13.2 Å². The number of ether oxygens (including phenoxy) is 1. The van der Waals surface area contributed by atoms with E-state index in [0.717, 1.165) is 52.4 Å². The van der Waals surface area contributed by atoms with Crippen LogP contribution in [0.5, 0.6) is 0 Å². The summed E-state index contributed by atoms with van der Waals surface area (Å²) in [5, 5.41) is 8.77. The SMILES string of the molecule is CC(C)COCCN1CCCN(CC(=O)O)CC1. The van der Waals surface area contributed by atoms with Crippen molar-refractivity contribution >= 4 is 5.97 Å². The third-order valence-corrected chi connectivity index (χ3v) is 3.04. The maximum Gasteiger partial charge on any atom is 0.317 e. The molecule has 0 aromatic heterocycles. The first-order chi connectivity index (χ1) is 8.58. The van der Waals surface area contributed by atoms with Crippen molar-refractivity contribution in [2.75, 3.05) is 52.5 Å². The molecular weight excluding hydrogens is 232 g/mol. The maximum absolute atomic E-state index is 10.7. The molecule has 1 aliphatic rings. The van der Waals surface area contributed by atoms with Crippen molar-refractivity contribution in [1.82, 2.24) is 9.80 Å². The number of carboxylic acid groups (broad SMARTS) is 1. The molecule has 5 heteroatoms. The highest BCUT2D eigenvalue weighted by Crippen LogP contribution is 2.03. The molecule has 0 unspecified atom stereocenters. The summed E-state index contributed by atoms with van der Waals surface area (Å²) in [4.78, 5) is 15.0. The molecule has 5 nitrogen and oxygen atoms in total. The first kappa shape index (κ1) is 15.4. The quantitative estimate of drug-likeness (QED) is 0.683. The molecule has 0 radical (unpaired) electrons. The molecule has 1 fully saturated rings. The fourth-order valence-corrected chi connectivity index (χ4v) is 2.11. The summed E-state index contributed by atoms with van der Waals surface area (Å²) in [5.41, 5.74) is 0. The van der Waals surface area contributed by atoms with Crippen LogP contribution in [0, 0.1) is 5.92 Å². The van der Waals surface area contributed by atoms with E-state index < -0.39 is 5.97 Å². The van der Waals surface area contributed by atoms with Crippen LogP contribution in [0.1, 0.15) is 20.3 Å². The molecule has 1 N–H and O–H groups in total. The van der Waals surface area contributed by atoms with Gasteiger partial charge in [-0.15, -0.1) is 0 Å². The summed E-state index contributed by atoms with van der Waals surface area (Å²) in [7, 11) is 0. The number of hydrogen-bond donors (Lipinski definition) is 1. The molecule has 1 rings (SSSR count). The van der Waals surface area contributed by atoms with Crippen molar-refractivity contribution in [3.8, 4) is 0 Å². The summed E-state index contributed by atoms with van der Waals surface area (Å²) in [6, 6.07) is 0. The van der Waals surface area contributed by atoms with Gasteiger partial charge in [0.25, 0.3) is 0 Å². The Bertz CT molecular complexity index is 246. The molecule has 0 aromatic rings. The average Bonchev–Trinajstić information content (AvgIpc) is 2.49. The molecule has 1 heterocycles. The van der Waals surface area contributed by atoms with Gasteiger partial charge in [0.15, 0.2) is 0 Å². The molecule has 0 amide bonds. The molecule has 0 bridgehead atoms. The summed E-state index contributed by atoms with van der Waals surface area (Å²) < 4.78 is 5.58. The zero-order chi connectivity index (χ0) is 13.4.